The lowest BCUT2D eigenvalue weighted by atomic mass is 9.95. The number of methoxy groups -OCH3 is 2. The molecule has 0 atom stereocenters. The van der Waals surface area contributed by atoms with Gasteiger partial charge in [-0.25, -0.2) is 0 Å². The highest BCUT2D eigenvalue weighted by Gasteiger charge is 2.26. The van der Waals surface area contributed by atoms with Gasteiger partial charge in [0, 0.05) is 24.4 Å². The van der Waals surface area contributed by atoms with E-state index in [9.17, 15) is 9.59 Å². The molecule has 4 aromatic rings. The van der Waals surface area contributed by atoms with Crippen LogP contribution in [0, 0.1) is 0 Å². The van der Waals surface area contributed by atoms with E-state index >= 15 is 0 Å². The van der Waals surface area contributed by atoms with Gasteiger partial charge in [-0.1, -0.05) is 48.2 Å². The third-order valence-electron chi connectivity index (χ3n) is 7.20. The molecular formula is C31H35N5O4S2. The second-order valence-corrected chi connectivity index (χ2v) is 12.0. The maximum absolute atomic E-state index is 13.3. The van der Waals surface area contributed by atoms with Crippen LogP contribution in [-0.2, 0) is 37.1 Å². The Balaban J connectivity index is 1.25. The highest BCUT2D eigenvalue weighted by atomic mass is 32.2. The molecule has 2 heterocycles. The summed E-state index contributed by atoms with van der Waals surface area (Å²) in [6.45, 7) is 3.14. The Morgan fingerprint density at radius 3 is 2.55 bits per heavy atom. The van der Waals surface area contributed by atoms with Crippen molar-refractivity contribution in [2.75, 3.05) is 25.3 Å². The summed E-state index contributed by atoms with van der Waals surface area (Å²) < 4.78 is 12.8. The monoisotopic (exact) mass is 605 g/mol. The Labute approximate surface area is 254 Å². The van der Waals surface area contributed by atoms with Crippen molar-refractivity contribution in [3.05, 3.63) is 81.5 Å². The van der Waals surface area contributed by atoms with Crippen LogP contribution >= 0.6 is 23.1 Å². The number of amides is 2. The van der Waals surface area contributed by atoms with Crippen molar-refractivity contribution in [1.29, 1.82) is 0 Å². The Kier molecular flexibility index (Phi) is 9.81. The second-order valence-electron chi connectivity index (χ2n) is 9.93. The van der Waals surface area contributed by atoms with E-state index in [0.29, 0.717) is 46.7 Å². The quantitative estimate of drug-likeness (QED) is 0.205. The summed E-state index contributed by atoms with van der Waals surface area (Å²) in [5, 5.41) is 16.2. The molecule has 1 aliphatic carbocycles. The number of thiophene rings is 1. The van der Waals surface area contributed by atoms with Gasteiger partial charge < -0.3 is 24.7 Å². The van der Waals surface area contributed by atoms with Gasteiger partial charge in [0.05, 0.1) is 25.5 Å². The number of thioether (sulfide) groups is 1. The molecule has 0 spiro atoms. The summed E-state index contributed by atoms with van der Waals surface area (Å²) >= 11 is 2.86. The topological polar surface area (TPSA) is 107 Å². The van der Waals surface area contributed by atoms with Crippen molar-refractivity contribution >= 4 is 39.9 Å². The van der Waals surface area contributed by atoms with Crippen molar-refractivity contribution in [3.8, 4) is 11.5 Å². The SMILES string of the molecule is CCn1c(Cc2ccc(OC)c(OC)c2)nnc1SCC(=O)Nc1sc2c(c1C(=O)NCc1ccccc1)CCCC2. The first-order valence-corrected chi connectivity index (χ1v) is 15.8. The number of nitrogens with zero attached hydrogens (tertiary/aromatic N) is 3. The van der Waals surface area contributed by atoms with Crippen LogP contribution in [-0.4, -0.2) is 46.6 Å². The number of aryl methyl sites for hydroxylation is 1. The van der Waals surface area contributed by atoms with E-state index in [2.05, 4.69) is 20.8 Å². The molecule has 9 nitrogen and oxygen atoms in total. The van der Waals surface area contributed by atoms with Crippen molar-refractivity contribution in [2.24, 2.45) is 0 Å². The number of ether oxygens (including phenoxy) is 2. The van der Waals surface area contributed by atoms with Gasteiger partial charge in [0.25, 0.3) is 5.91 Å². The predicted molar refractivity (Wildman–Crippen MR) is 166 cm³/mol. The zero-order valence-electron chi connectivity index (χ0n) is 24.1. The maximum Gasteiger partial charge on any atom is 0.254 e. The van der Waals surface area contributed by atoms with Crippen LogP contribution < -0.4 is 20.1 Å². The average molecular weight is 606 g/mol. The van der Waals surface area contributed by atoms with Crippen molar-refractivity contribution < 1.29 is 19.1 Å². The Morgan fingerprint density at radius 1 is 1.00 bits per heavy atom. The van der Waals surface area contributed by atoms with Gasteiger partial charge >= 0.3 is 0 Å². The predicted octanol–water partition coefficient (Wildman–Crippen LogP) is 5.51. The van der Waals surface area contributed by atoms with Crippen LogP contribution in [0.2, 0.25) is 0 Å². The minimum atomic E-state index is -0.178. The zero-order chi connectivity index (χ0) is 29.5. The molecule has 2 aromatic carbocycles. The highest BCUT2D eigenvalue weighted by molar-refractivity contribution is 7.99. The van der Waals surface area contributed by atoms with Gasteiger partial charge in [0.15, 0.2) is 16.7 Å². The number of rotatable bonds is 12. The van der Waals surface area contributed by atoms with Gasteiger partial charge in [-0.05, 0) is 61.4 Å². The highest BCUT2D eigenvalue weighted by Crippen LogP contribution is 2.38. The summed E-state index contributed by atoms with van der Waals surface area (Å²) in [4.78, 5) is 27.7. The third kappa shape index (κ3) is 6.79. The van der Waals surface area contributed by atoms with E-state index in [0.717, 1.165) is 48.2 Å². The number of fused-ring (bicyclic) bond motifs is 1. The summed E-state index contributed by atoms with van der Waals surface area (Å²) in [6, 6.07) is 15.6. The number of anilines is 1. The summed E-state index contributed by atoms with van der Waals surface area (Å²) in [5.41, 5.74) is 3.73. The standard InChI is InChI=1S/C31H35N5O4S2/c1-4-36-26(17-21-14-15-23(39-2)24(16-21)40-3)34-35-31(36)41-19-27(37)33-30-28(22-12-8-9-13-25(22)42-30)29(38)32-18-20-10-6-5-7-11-20/h5-7,10-11,14-16H,4,8-9,12-13,17-19H2,1-3H3,(H,32,38)(H,33,37). The molecular weight excluding hydrogens is 571 g/mol. The van der Waals surface area contributed by atoms with E-state index in [4.69, 9.17) is 9.47 Å². The van der Waals surface area contributed by atoms with E-state index in [-0.39, 0.29) is 17.6 Å². The molecule has 0 fully saturated rings. The molecule has 2 N–H and O–H groups in total. The largest absolute Gasteiger partial charge is 0.493 e. The normalized spacial score (nSPS) is 12.5. The van der Waals surface area contributed by atoms with Gasteiger partial charge in [-0.3, -0.25) is 9.59 Å². The second kappa shape index (κ2) is 13.9. The smallest absolute Gasteiger partial charge is 0.254 e. The molecule has 220 valence electrons. The van der Waals surface area contributed by atoms with Gasteiger partial charge in [-0.2, -0.15) is 0 Å². The number of benzene rings is 2. The van der Waals surface area contributed by atoms with Crippen LogP contribution in [0.5, 0.6) is 11.5 Å². The fourth-order valence-electron chi connectivity index (χ4n) is 5.10. The Bertz CT molecular complexity index is 1550. The van der Waals surface area contributed by atoms with Crippen molar-refractivity contribution in [2.45, 2.75) is 57.3 Å². The number of hydrogen-bond acceptors (Lipinski definition) is 8. The first-order chi connectivity index (χ1) is 20.5. The zero-order valence-corrected chi connectivity index (χ0v) is 25.7. The minimum Gasteiger partial charge on any atom is -0.493 e. The van der Waals surface area contributed by atoms with E-state index in [1.165, 1.54) is 28.0 Å². The maximum atomic E-state index is 13.3. The Hall–Kier alpha value is -3.83. The number of carbonyl (C=O) groups is 2. The van der Waals surface area contributed by atoms with Crippen molar-refractivity contribution in [3.63, 3.8) is 0 Å². The first kappa shape index (κ1) is 29.7. The number of nitrogens with one attached hydrogen (secondary N) is 2. The van der Waals surface area contributed by atoms with Gasteiger partial charge in [-0.15, -0.1) is 21.5 Å². The lowest BCUT2D eigenvalue weighted by Crippen LogP contribution is -2.25. The molecule has 0 saturated heterocycles. The van der Waals surface area contributed by atoms with Crippen LogP contribution in [0.25, 0.3) is 0 Å². The molecule has 0 unspecified atom stereocenters. The molecule has 0 bridgehead atoms. The lowest BCUT2D eigenvalue weighted by molar-refractivity contribution is -0.113. The summed E-state index contributed by atoms with van der Waals surface area (Å²) in [5.74, 6) is 1.96. The van der Waals surface area contributed by atoms with Crippen LogP contribution in [0.1, 0.15) is 57.5 Å². The molecule has 42 heavy (non-hydrogen) atoms. The molecule has 5 rings (SSSR count). The molecule has 1 aliphatic rings. The van der Waals surface area contributed by atoms with E-state index in [1.807, 2.05) is 60.0 Å². The van der Waals surface area contributed by atoms with Crippen LogP contribution in [0.15, 0.2) is 53.7 Å². The van der Waals surface area contributed by atoms with E-state index in [1.54, 1.807) is 14.2 Å². The fourth-order valence-corrected chi connectivity index (χ4v) is 7.23. The molecule has 2 amide bonds. The van der Waals surface area contributed by atoms with Crippen LogP contribution in [0.4, 0.5) is 5.00 Å². The fraction of sp³-hybridized carbons (Fsp3) is 0.355. The number of carbonyl (C=O) groups excluding carboxylic acids is 2. The van der Waals surface area contributed by atoms with E-state index < -0.39 is 0 Å². The van der Waals surface area contributed by atoms with Crippen molar-refractivity contribution in [1.82, 2.24) is 20.1 Å². The van der Waals surface area contributed by atoms with Crippen LogP contribution in [0.3, 0.4) is 0 Å². The average Bonchev–Trinajstić information content (AvgIpc) is 3.59. The first-order valence-electron chi connectivity index (χ1n) is 14.0. The molecule has 0 radical (unpaired) electrons. The molecule has 0 aliphatic heterocycles. The van der Waals surface area contributed by atoms with Gasteiger partial charge in [0.1, 0.15) is 10.8 Å². The number of hydrogen-bond donors (Lipinski definition) is 2. The molecule has 2 aromatic heterocycles. The third-order valence-corrected chi connectivity index (χ3v) is 9.37. The summed E-state index contributed by atoms with van der Waals surface area (Å²) in [7, 11) is 3.22. The minimum absolute atomic E-state index is 0.147. The summed E-state index contributed by atoms with van der Waals surface area (Å²) in [6.07, 6.45) is 4.50. The lowest BCUT2D eigenvalue weighted by Gasteiger charge is -2.13. The molecule has 0 saturated carbocycles. The number of aromatic nitrogens is 3. The van der Waals surface area contributed by atoms with Gasteiger partial charge in [0.2, 0.25) is 5.91 Å². The Morgan fingerprint density at radius 2 is 1.79 bits per heavy atom. The molecule has 11 heteroatoms.